The number of hydrogen-bond acceptors (Lipinski definition) is 9. The zero-order chi connectivity index (χ0) is 27.8. The first-order valence-corrected chi connectivity index (χ1v) is 12.5. The number of hydrogen-bond donors (Lipinski definition) is 6. The summed E-state index contributed by atoms with van der Waals surface area (Å²) in [7, 11) is 3.15. The first kappa shape index (κ1) is 27.3. The Morgan fingerprint density at radius 2 is 1.78 bits per heavy atom. The van der Waals surface area contributed by atoms with Crippen LogP contribution in [0.25, 0.3) is 0 Å². The van der Waals surface area contributed by atoms with Gasteiger partial charge < -0.3 is 31.5 Å². The molecule has 1 aromatic carbocycles. The number of fused-ring (bicyclic) bond motifs is 3. The fraction of sp³-hybridized carbons (Fsp3) is 0.593. The predicted octanol–water partition coefficient (Wildman–Crippen LogP) is 0.461. The zero-order valence-electron chi connectivity index (χ0n) is 22.0. The normalized spacial score (nSPS) is 35.8. The molecular weight excluding hydrogens is 478 g/mol. The molecule has 0 aromatic heterocycles. The number of phenolic OH excluding ortho intramolecular Hbond substituents is 1. The van der Waals surface area contributed by atoms with Crippen LogP contribution in [-0.2, 0) is 9.59 Å². The molecule has 3 aliphatic carbocycles. The largest absolute Gasteiger partial charge is 0.508 e. The summed E-state index contributed by atoms with van der Waals surface area (Å²) in [6.45, 7) is 7.96. The summed E-state index contributed by atoms with van der Waals surface area (Å²) >= 11 is 0. The van der Waals surface area contributed by atoms with E-state index in [2.05, 4.69) is 5.32 Å². The summed E-state index contributed by atoms with van der Waals surface area (Å²) in [5.74, 6) is -7.25. The van der Waals surface area contributed by atoms with Gasteiger partial charge in [-0.25, -0.2) is 0 Å². The van der Waals surface area contributed by atoms with E-state index in [0.717, 1.165) is 0 Å². The van der Waals surface area contributed by atoms with Crippen LogP contribution < -0.4 is 11.1 Å². The van der Waals surface area contributed by atoms with E-state index in [-0.39, 0.29) is 16.7 Å². The number of Topliss-reactive ketones (excluding diaryl/α,β-unsaturated/α-hetero) is 2. The molecule has 1 amide bonds. The second-order valence-corrected chi connectivity index (χ2v) is 12.1. The number of benzene rings is 1. The summed E-state index contributed by atoms with van der Waals surface area (Å²) < 4.78 is 0. The van der Waals surface area contributed by atoms with E-state index in [1.807, 2.05) is 27.7 Å². The number of phenols is 1. The lowest BCUT2D eigenvalue weighted by Crippen LogP contribution is -2.77. The fourth-order valence-electron chi connectivity index (χ4n) is 6.78. The third-order valence-corrected chi connectivity index (χ3v) is 8.34. The van der Waals surface area contributed by atoms with E-state index >= 15 is 0 Å². The highest BCUT2D eigenvalue weighted by molar-refractivity contribution is 6.22. The van der Waals surface area contributed by atoms with Crippen molar-refractivity contribution in [2.45, 2.75) is 57.4 Å². The third-order valence-electron chi connectivity index (χ3n) is 8.34. The number of ketones is 2. The quantitative estimate of drug-likeness (QED) is 0.311. The van der Waals surface area contributed by atoms with Crippen LogP contribution in [0.5, 0.6) is 5.75 Å². The average Bonchev–Trinajstić information content (AvgIpc) is 2.77. The summed E-state index contributed by atoms with van der Waals surface area (Å²) in [5, 5.41) is 49.4. The number of carbonyl (C=O) groups excluding carboxylic acids is 3. The highest BCUT2D eigenvalue weighted by Crippen LogP contribution is 2.56. The minimum atomic E-state index is -2.39. The number of rotatable bonds is 4. The molecule has 0 heterocycles. The van der Waals surface area contributed by atoms with Gasteiger partial charge in [0.2, 0.25) is 0 Å². The zero-order valence-corrected chi connectivity index (χ0v) is 22.0. The first-order valence-electron chi connectivity index (χ1n) is 12.5. The van der Waals surface area contributed by atoms with Crippen molar-refractivity contribution in [2.75, 3.05) is 20.6 Å². The number of likely N-dealkylation sites (N-methyl/N-ethyl adjacent to an activating group) is 1. The molecule has 0 radical (unpaired) electrons. The summed E-state index contributed by atoms with van der Waals surface area (Å²) in [4.78, 5) is 41.3. The molecule has 10 heteroatoms. The lowest BCUT2D eigenvalue weighted by atomic mass is 9.49. The van der Waals surface area contributed by atoms with Crippen LogP contribution in [0.15, 0.2) is 29.5 Å². The average molecular weight is 516 g/mol. The van der Waals surface area contributed by atoms with Crippen molar-refractivity contribution in [3.63, 3.8) is 0 Å². The van der Waals surface area contributed by atoms with Gasteiger partial charge in [0.1, 0.15) is 22.7 Å². The number of nitrogens with one attached hydrogen (secondary N) is 1. The van der Waals surface area contributed by atoms with E-state index in [1.165, 1.54) is 11.0 Å². The van der Waals surface area contributed by atoms with Crippen molar-refractivity contribution in [3.05, 3.63) is 40.7 Å². The van der Waals surface area contributed by atoms with Gasteiger partial charge in [-0.15, -0.1) is 0 Å². The monoisotopic (exact) mass is 515 g/mol. The fourth-order valence-corrected chi connectivity index (χ4v) is 6.78. The summed E-state index contributed by atoms with van der Waals surface area (Å²) in [6, 6.07) is 2.34. The Hall–Kier alpha value is -2.79. The number of nitrogens with zero attached hydrogens (tertiary/aromatic N) is 1. The standard InChI is InChI=1S/C27H37N3O7/c1-11-12-8-7-9-13(31)15(12)20(32)16-14(11)21(33)18-19(30(5)6)22(34)17(25(28)36)24(35)27(18,37)23(16)29-10-26(2,3)4/h7-9,11,14,16,18-19,21,23,29,31,33,35,37H,10H2,1-6H3,(H2,28,36)/t11-,14+,16?,18+,19-,21-,23?,27-/m0/s1. The number of amides is 1. The highest BCUT2D eigenvalue weighted by Gasteiger charge is 2.70. The van der Waals surface area contributed by atoms with Crippen LogP contribution in [0, 0.1) is 23.2 Å². The Bertz CT molecular complexity index is 1190. The number of aliphatic hydroxyl groups excluding tert-OH is 2. The molecule has 3 aliphatic rings. The van der Waals surface area contributed by atoms with Crippen molar-refractivity contribution in [2.24, 2.45) is 28.9 Å². The minimum absolute atomic E-state index is 0.0997. The predicted molar refractivity (Wildman–Crippen MR) is 135 cm³/mol. The molecule has 7 N–H and O–H groups in total. The van der Waals surface area contributed by atoms with Crippen molar-refractivity contribution in [1.82, 2.24) is 10.2 Å². The number of aliphatic hydroxyl groups is 3. The van der Waals surface area contributed by atoms with Gasteiger partial charge in [-0.1, -0.05) is 39.8 Å². The second kappa shape index (κ2) is 8.90. The van der Waals surface area contributed by atoms with Crippen LogP contribution in [0.2, 0.25) is 0 Å². The van der Waals surface area contributed by atoms with Gasteiger partial charge in [-0.05, 0) is 37.1 Å². The molecule has 37 heavy (non-hydrogen) atoms. The highest BCUT2D eigenvalue weighted by atomic mass is 16.3. The maximum absolute atomic E-state index is 14.0. The van der Waals surface area contributed by atoms with Crippen LogP contribution in [0.4, 0.5) is 0 Å². The number of aromatic hydroxyl groups is 1. The maximum atomic E-state index is 14.0. The summed E-state index contributed by atoms with van der Waals surface area (Å²) in [6.07, 6.45) is -1.43. The van der Waals surface area contributed by atoms with Crippen molar-refractivity contribution in [1.29, 1.82) is 0 Å². The Morgan fingerprint density at radius 1 is 1.16 bits per heavy atom. The summed E-state index contributed by atoms with van der Waals surface area (Å²) in [5.41, 5.74) is 2.69. The van der Waals surface area contributed by atoms with Gasteiger partial charge >= 0.3 is 0 Å². The van der Waals surface area contributed by atoms with Gasteiger partial charge in [0.05, 0.1) is 23.8 Å². The Morgan fingerprint density at radius 3 is 2.32 bits per heavy atom. The molecule has 10 nitrogen and oxygen atoms in total. The Kier molecular flexibility index (Phi) is 6.56. The van der Waals surface area contributed by atoms with Gasteiger partial charge in [0.15, 0.2) is 11.6 Å². The van der Waals surface area contributed by atoms with E-state index in [4.69, 9.17) is 5.73 Å². The Labute approximate surface area is 216 Å². The van der Waals surface area contributed by atoms with Crippen molar-refractivity contribution in [3.8, 4) is 5.75 Å². The molecule has 4 rings (SSSR count). The van der Waals surface area contributed by atoms with E-state index < -0.39 is 76.3 Å². The van der Waals surface area contributed by atoms with Crippen LogP contribution in [-0.4, -0.2) is 87.2 Å². The molecule has 1 fully saturated rings. The van der Waals surface area contributed by atoms with Crippen LogP contribution in [0.3, 0.4) is 0 Å². The van der Waals surface area contributed by atoms with Crippen LogP contribution in [0.1, 0.15) is 49.5 Å². The lowest BCUT2D eigenvalue weighted by molar-refractivity contribution is -0.188. The van der Waals surface area contributed by atoms with E-state index in [9.17, 15) is 34.8 Å². The first-order chi connectivity index (χ1) is 17.1. The van der Waals surface area contributed by atoms with E-state index in [0.29, 0.717) is 12.1 Å². The molecule has 202 valence electrons. The van der Waals surface area contributed by atoms with Gasteiger partial charge in [0, 0.05) is 24.3 Å². The van der Waals surface area contributed by atoms with Crippen LogP contribution >= 0.6 is 0 Å². The van der Waals surface area contributed by atoms with Gasteiger partial charge in [0.25, 0.3) is 5.91 Å². The Balaban J connectivity index is 2.04. The van der Waals surface area contributed by atoms with Crippen molar-refractivity contribution >= 4 is 17.5 Å². The van der Waals surface area contributed by atoms with Gasteiger partial charge in [-0.3, -0.25) is 19.3 Å². The minimum Gasteiger partial charge on any atom is -0.508 e. The molecule has 8 atom stereocenters. The maximum Gasteiger partial charge on any atom is 0.255 e. The number of nitrogens with two attached hydrogens (primary N) is 1. The van der Waals surface area contributed by atoms with Gasteiger partial charge in [-0.2, -0.15) is 0 Å². The smallest absolute Gasteiger partial charge is 0.255 e. The molecular formula is C27H37N3O7. The molecule has 2 unspecified atom stereocenters. The number of carbonyl (C=O) groups is 3. The molecule has 0 saturated heterocycles. The topological polar surface area (TPSA) is 173 Å². The third kappa shape index (κ3) is 3.89. The SMILES string of the molecule is C[C@H]1c2cccc(O)c2C(=O)C2C(NCC(C)(C)C)[C@]3(O)C(O)=C(C(N)=O)C(=O)[C@@H](N(C)C)[C@@H]3[C@@H](O)[C@@H]21. The lowest BCUT2D eigenvalue weighted by Gasteiger charge is -2.60. The molecule has 0 spiro atoms. The number of primary amides is 1. The second-order valence-electron chi connectivity index (χ2n) is 12.1. The van der Waals surface area contributed by atoms with Crippen molar-refractivity contribution < 1.29 is 34.8 Å². The molecule has 0 bridgehead atoms. The molecule has 1 saturated carbocycles. The molecule has 0 aliphatic heterocycles. The van der Waals surface area contributed by atoms with E-state index in [1.54, 1.807) is 26.2 Å². The molecule has 1 aromatic rings.